The summed E-state index contributed by atoms with van der Waals surface area (Å²) in [6.45, 7) is 6.21. The van der Waals surface area contributed by atoms with E-state index in [0.717, 1.165) is 31.5 Å². The molecule has 1 fully saturated rings. The number of nitrogens with one attached hydrogen (secondary N) is 1. The molecule has 4 aromatic rings. The van der Waals surface area contributed by atoms with E-state index in [1.165, 1.54) is 27.1 Å². The van der Waals surface area contributed by atoms with Crippen LogP contribution in [0, 0.1) is 11.2 Å². The summed E-state index contributed by atoms with van der Waals surface area (Å²) in [7, 11) is 3.65. The maximum absolute atomic E-state index is 15.3. The van der Waals surface area contributed by atoms with Crippen LogP contribution < -0.4 is 20.5 Å². The molecule has 1 aliphatic carbocycles. The van der Waals surface area contributed by atoms with Gasteiger partial charge in [-0.1, -0.05) is 13.8 Å². The number of aliphatic hydroxyl groups excluding tert-OH is 1. The molecule has 0 saturated carbocycles. The predicted molar refractivity (Wildman–Crippen MR) is 173 cm³/mol. The molecule has 0 bridgehead atoms. The number of aryl methyl sites for hydroxylation is 1. The molecule has 9 nitrogen and oxygen atoms in total. The number of carbonyl (C=O) groups is 1. The largest absolute Gasteiger partial charge is 0.486 e. The summed E-state index contributed by atoms with van der Waals surface area (Å²) < 4.78 is 22.6. The number of benzene rings is 1. The first-order valence-electron chi connectivity index (χ1n) is 15.2. The molecule has 1 saturated heterocycles. The molecule has 0 radical (unpaired) electrons. The van der Waals surface area contributed by atoms with E-state index >= 15 is 4.39 Å². The monoisotopic (exact) mass is 629 g/mol. The van der Waals surface area contributed by atoms with Crippen molar-refractivity contribution >= 4 is 34.4 Å². The Morgan fingerprint density at radius 1 is 1.13 bits per heavy atom. The number of likely N-dealkylation sites (tertiary alicyclic amines) is 1. The second-order valence-corrected chi connectivity index (χ2v) is 14.3. The van der Waals surface area contributed by atoms with Gasteiger partial charge in [-0.3, -0.25) is 14.5 Å². The summed E-state index contributed by atoms with van der Waals surface area (Å²) in [5, 5.41) is 13.7. The van der Waals surface area contributed by atoms with Gasteiger partial charge in [0.2, 0.25) is 0 Å². The molecular formula is C34H36FN5O4S. The van der Waals surface area contributed by atoms with Crippen LogP contribution in [0.5, 0.6) is 5.75 Å². The zero-order valence-electron chi connectivity index (χ0n) is 25.8. The number of aliphatic hydroxyl groups is 1. The van der Waals surface area contributed by atoms with Crippen LogP contribution in [0.25, 0.3) is 11.1 Å². The minimum atomic E-state index is -0.538. The van der Waals surface area contributed by atoms with Crippen molar-refractivity contribution in [2.45, 2.75) is 45.8 Å². The molecule has 11 heteroatoms. The Balaban J connectivity index is 1.19. The lowest BCUT2D eigenvalue weighted by Gasteiger charge is -2.35. The number of hydrogen-bond acceptors (Lipinski definition) is 8. The quantitative estimate of drug-likeness (QED) is 0.300. The van der Waals surface area contributed by atoms with Gasteiger partial charge in [-0.2, -0.15) is 0 Å². The van der Waals surface area contributed by atoms with Crippen molar-refractivity contribution in [3.63, 3.8) is 0 Å². The van der Waals surface area contributed by atoms with E-state index in [0.29, 0.717) is 51.8 Å². The number of pyridine rings is 2. The summed E-state index contributed by atoms with van der Waals surface area (Å²) in [5.74, 6) is 0.399. The Morgan fingerprint density at radius 2 is 1.93 bits per heavy atom. The van der Waals surface area contributed by atoms with E-state index in [9.17, 15) is 14.7 Å². The van der Waals surface area contributed by atoms with Crippen LogP contribution in [0.3, 0.4) is 0 Å². The van der Waals surface area contributed by atoms with Crippen LogP contribution in [0.15, 0.2) is 47.5 Å². The first-order valence-corrected chi connectivity index (χ1v) is 16.0. The number of carbonyl (C=O) groups excluding carboxylic acids is 1. The van der Waals surface area contributed by atoms with E-state index in [-0.39, 0.29) is 28.7 Å². The highest BCUT2D eigenvalue weighted by Gasteiger charge is 2.38. The van der Waals surface area contributed by atoms with Crippen molar-refractivity contribution in [1.29, 1.82) is 0 Å². The number of ether oxygens (including phenoxy) is 1. The van der Waals surface area contributed by atoms with Crippen molar-refractivity contribution in [1.82, 2.24) is 14.5 Å². The third-order valence-electron chi connectivity index (χ3n) is 8.99. The van der Waals surface area contributed by atoms with E-state index in [1.807, 2.05) is 7.05 Å². The van der Waals surface area contributed by atoms with E-state index < -0.39 is 12.4 Å². The molecule has 0 atom stereocenters. The fourth-order valence-corrected chi connectivity index (χ4v) is 8.37. The van der Waals surface area contributed by atoms with Gasteiger partial charge in [-0.05, 0) is 78.7 Å². The molecule has 0 unspecified atom stereocenters. The number of fused-ring (bicyclic) bond motifs is 3. The molecule has 45 heavy (non-hydrogen) atoms. The maximum atomic E-state index is 15.3. The molecule has 7 rings (SSSR count). The van der Waals surface area contributed by atoms with Gasteiger partial charge in [0.25, 0.3) is 11.5 Å². The zero-order chi connectivity index (χ0) is 31.6. The number of aromatic nitrogens is 2. The molecule has 1 aromatic carbocycles. The molecule has 2 N–H and O–H groups in total. The highest BCUT2D eigenvalue weighted by molar-refractivity contribution is 7.14. The van der Waals surface area contributed by atoms with Crippen molar-refractivity contribution in [2.75, 3.05) is 36.9 Å². The molecule has 234 valence electrons. The molecule has 3 aliphatic rings. The lowest BCUT2D eigenvalue weighted by atomic mass is 9.89. The molecule has 5 heterocycles. The van der Waals surface area contributed by atoms with Crippen LogP contribution in [0.4, 0.5) is 21.6 Å². The number of anilines is 3. The van der Waals surface area contributed by atoms with Crippen LogP contribution in [-0.4, -0.2) is 58.3 Å². The third-order valence-corrected chi connectivity index (χ3v) is 10.2. The highest BCUT2D eigenvalue weighted by Crippen LogP contribution is 2.46. The number of rotatable bonds is 7. The van der Waals surface area contributed by atoms with Crippen LogP contribution in [0.1, 0.15) is 45.1 Å². The molecule has 2 aliphatic heterocycles. The number of nitrogens with zero attached hydrogens (tertiary/aromatic N) is 4. The van der Waals surface area contributed by atoms with Crippen molar-refractivity contribution in [2.24, 2.45) is 12.5 Å². The van der Waals surface area contributed by atoms with Gasteiger partial charge >= 0.3 is 0 Å². The predicted octanol–water partition coefficient (Wildman–Crippen LogP) is 4.90. The Bertz CT molecular complexity index is 1880. The first kappa shape index (κ1) is 29.6. The Hall–Kier alpha value is -4.06. The lowest BCUT2D eigenvalue weighted by molar-refractivity contribution is 0.0386. The average molecular weight is 630 g/mol. The third kappa shape index (κ3) is 5.43. The number of halogens is 1. The zero-order valence-corrected chi connectivity index (χ0v) is 26.6. The number of hydrogen-bond donors (Lipinski definition) is 2. The van der Waals surface area contributed by atoms with Gasteiger partial charge in [0.05, 0.1) is 23.4 Å². The SMILES string of the molecule is CN1CC(Oc2ccc(Nc3cc(-c4cc(F)cc(N5CCc6c(sc7c6CC(C)(C)C7)C5=O)c4CO)cn(C)c3=O)nc2)C1. The van der Waals surface area contributed by atoms with E-state index in [4.69, 9.17) is 4.74 Å². The second-order valence-electron chi connectivity index (χ2n) is 13.2. The molecule has 1 amide bonds. The lowest BCUT2D eigenvalue weighted by Crippen LogP contribution is -2.51. The first-order chi connectivity index (χ1) is 21.5. The topological polar surface area (TPSA) is 99.9 Å². The fraction of sp³-hybridized carbons (Fsp3) is 0.382. The van der Waals surface area contributed by atoms with E-state index in [1.54, 1.807) is 53.9 Å². The van der Waals surface area contributed by atoms with Crippen molar-refractivity contribution < 1.29 is 19.0 Å². The highest BCUT2D eigenvalue weighted by atomic mass is 32.1. The van der Waals surface area contributed by atoms with Gasteiger partial charge in [-0.15, -0.1) is 11.3 Å². The van der Waals surface area contributed by atoms with Gasteiger partial charge in [0.1, 0.15) is 29.2 Å². The van der Waals surface area contributed by atoms with Crippen LogP contribution >= 0.6 is 11.3 Å². The van der Waals surface area contributed by atoms with Crippen molar-refractivity contribution in [3.05, 3.63) is 85.3 Å². The van der Waals surface area contributed by atoms with Crippen LogP contribution in [-0.2, 0) is 32.9 Å². The minimum Gasteiger partial charge on any atom is -0.486 e. The minimum absolute atomic E-state index is 0.136. The summed E-state index contributed by atoms with van der Waals surface area (Å²) in [6.07, 6.45) is 5.95. The van der Waals surface area contributed by atoms with Gasteiger partial charge in [-0.25, -0.2) is 9.37 Å². The summed E-state index contributed by atoms with van der Waals surface area (Å²) >= 11 is 1.56. The van der Waals surface area contributed by atoms with E-state index in [2.05, 4.69) is 29.0 Å². The Kier molecular flexibility index (Phi) is 7.30. The van der Waals surface area contributed by atoms with Crippen LogP contribution in [0.2, 0.25) is 0 Å². The Morgan fingerprint density at radius 3 is 2.64 bits per heavy atom. The summed E-state index contributed by atoms with van der Waals surface area (Å²) in [6, 6.07) is 7.81. The maximum Gasteiger partial charge on any atom is 0.274 e. The number of thiophene rings is 1. The van der Waals surface area contributed by atoms with Gasteiger partial charge in [0, 0.05) is 48.9 Å². The standard InChI is InChI=1S/C34H36FN5O4S/c1-34(2)12-25-23-7-8-40(33(43)31(23)45-29(25)13-34)28-11-20(35)10-24(26(28)18-41)19-9-27(32(42)39(4)15-19)37-30-6-5-21(14-36-30)44-22-16-38(3)17-22/h5-6,9-11,14-15,22,41H,7-8,12-13,16-18H2,1-4H3,(H,36,37). The summed E-state index contributed by atoms with van der Waals surface area (Å²) in [5.41, 5.74) is 4.25. The second kappa shape index (κ2) is 11.1. The number of amides is 1. The smallest absolute Gasteiger partial charge is 0.274 e. The Labute approximate surface area is 264 Å². The van der Waals surface area contributed by atoms with Crippen molar-refractivity contribution in [3.8, 4) is 16.9 Å². The summed E-state index contributed by atoms with van der Waals surface area (Å²) in [4.78, 5) is 37.1. The molecular weight excluding hydrogens is 593 g/mol. The fourth-order valence-electron chi connectivity index (χ4n) is 6.80. The van der Waals surface area contributed by atoms with Gasteiger partial charge < -0.3 is 24.6 Å². The van der Waals surface area contributed by atoms with Gasteiger partial charge in [0.15, 0.2) is 0 Å². The molecule has 3 aromatic heterocycles. The average Bonchev–Trinajstić information content (AvgIpc) is 3.47. The number of likely N-dealkylation sites (N-methyl/N-ethyl adjacent to an activating group) is 1. The normalized spacial score (nSPS) is 17.6. The molecule has 0 spiro atoms.